The third-order valence-corrected chi connectivity index (χ3v) is 3.62. The molecule has 1 heterocycles. The number of aromatic hydroxyl groups is 1. The van der Waals surface area contributed by atoms with Crippen LogP contribution in [0.3, 0.4) is 0 Å². The fraction of sp³-hybridized carbons (Fsp3) is 0.188. The number of benzene rings is 2. The molecular formula is C16H15NO4. The summed E-state index contributed by atoms with van der Waals surface area (Å²) in [5.74, 6) is 0.726. The van der Waals surface area contributed by atoms with Crippen LogP contribution < -0.4 is 14.8 Å². The molecule has 0 fully saturated rings. The van der Waals surface area contributed by atoms with Crippen LogP contribution >= 0.6 is 0 Å². The SMILES string of the molecule is COc1ccc(-c2ccc3c(c2)CNC3=O)c(O)c1OC. The summed E-state index contributed by atoms with van der Waals surface area (Å²) in [4.78, 5) is 11.6. The molecule has 1 aliphatic heterocycles. The number of carbonyl (C=O) groups is 1. The molecule has 0 aromatic heterocycles. The second kappa shape index (κ2) is 5.01. The van der Waals surface area contributed by atoms with Crippen molar-refractivity contribution in [2.45, 2.75) is 6.54 Å². The molecule has 0 atom stereocenters. The Morgan fingerprint density at radius 1 is 1.10 bits per heavy atom. The van der Waals surface area contributed by atoms with E-state index >= 15 is 0 Å². The van der Waals surface area contributed by atoms with E-state index in [0.717, 1.165) is 11.1 Å². The van der Waals surface area contributed by atoms with Gasteiger partial charge < -0.3 is 19.9 Å². The van der Waals surface area contributed by atoms with Gasteiger partial charge in [0.1, 0.15) is 0 Å². The molecule has 0 saturated carbocycles. The Kier molecular flexibility index (Phi) is 3.17. The standard InChI is InChI=1S/C16H15NO4/c1-20-13-6-5-11(14(18)15(13)21-2)9-3-4-12-10(7-9)8-17-16(12)19/h3-7,18H,8H2,1-2H3,(H,17,19). The molecule has 5 heteroatoms. The highest BCUT2D eigenvalue weighted by atomic mass is 16.5. The van der Waals surface area contributed by atoms with Gasteiger partial charge in [0, 0.05) is 17.7 Å². The quantitative estimate of drug-likeness (QED) is 0.908. The minimum atomic E-state index is -0.0620. The Balaban J connectivity index is 2.11. The summed E-state index contributed by atoms with van der Waals surface area (Å²) in [7, 11) is 3.00. The molecule has 0 unspecified atom stereocenters. The zero-order valence-corrected chi connectivity index (χ0v) is 11.8. The predicted molar refractivity (Wildman–Crippen MR) is 77.8 cm³/mol. The third kappa shape index (κ3) is 2.07. The van der Waals surface area contributed by atoms with Crippen molar-refractivity contribution in [2.24, 2.45) is 0 Å². The Hall–Kier alpha value is -2.69. The maximum absolute atomic E-state index is 11.6. The lowest BCUT2D eigenvalue weighted by molar-refractivity contribution is 0.0966. The topological polar surface area (TPSA) is 67.8 Å². The molecule has 1 aliphatic rings. The number of carbonyl (C=O) groups excluding carboxylic acids is 1. The summed E-state index contributed by atoms with van der Waals surface area (Å²) in [6.45, 7) is 0.510. The van der Waals surface area contributed by atoms with Crippen LogP contribution in [0.1, 0.15) is 15.9 Å². The molecule has 2 aromatic carbocycles. The van der Waals surface area contributed by atoms with E-state index < -0.39 is 0 Å². The normalized spacial score (nSPS) is 12.8. The van der Waals surface area contributed by atoms with Crippen molar-refractivity contribution in [3.05, 3.63) is 41.5 Å². The van der Waals surface area contributed by atoms with E-state index in [1.807, 2.05) is 12.1 Å². The van der Waals surface area contributed by atoms with Gasteiger partial charge >= 0.3 is 0 Å². The first-order valence-corrected chi connectivity index (χ1v) is 6.51. The van der Waals surface area contributed by atoms with E-state index in [9.17, 15) is 9.90 Å². The predicted octanol–water partition coefficient (Wildman–Crippen LogP) is 2.32. The maximum Gasteiger partial charge on any atom is 0.251 e. The molecule has 108 valence electrons. The number of methoxy groups -OCH3 is 2. The van der Waals surface area contributed by atoms with Crippen LogP contribution in [-0.2, 0) is 6.54 Å². The van der Waals surface area contributed by atoms with E-state index in [1.54, 1.807) is 18.2 Å². The molecule has 0 aliphatic carbocycles. The highest BCUT2D eigenvalue weighted by Gasteiger charge is 2.21. The molecule has 1 amide bonds. The number of amides is 1. The van der Waals surface area contributed by atoms with Gasteiger partial charge in [-0.3, -0.25) is 4.79 Å². The molecule has 0 radical (unpaired) electrons. The van der Waals surface area contributed by atoms with Crippen molar-refractivity contribution < 1.29 is 19.4 Å². The van der Waals surface area contributed by atoms with Crippen molar-refractivity contribution in [1.82, 2.24) is 5.32 Å². The van der Waals surface area contributed by atoms with E-state index in [0.29, 0.717) is 29.2 Å². The summed E-state index contributed by atoms with van der Waals surface area (Å²) in [6.07, 6.45) is 0. The summed E-state index contributed by atoms with van der Waals surface area (Å²) in [5, 5.41) is 13.1. The first-order valence-electron chi connectivity index (χ1n) is 6.51. The Morgan fingerprint density at radius 3 is 2.57 bits per heavy atom. The summed E-state index contributed by atoms with van der Waals surface area (Å²) in [6, 6.07) is 8.98. The van der Waals surface area contributed by atoms with Gasteiger partial charge in [0.25, 0.3) is 5.91 Å². The van der Waals surface area contributed by atoms with Gasteiger partial charge in [0.2, 0.25) is 5.75 Å². The summed E-state index contributed by atoms with van der Waals surface area (Å²) in [5.41, 5.74) is 3.06. The number of ether oxygens (including phenoxy) is 2. The summed E-state index contributed by atoms with van der Waals surface area (Å²) >= 11 is 0. The van der Waals surface area contributed by atoms with Crippen molar-refractivity contribution in [1.29, 1.82) is 0 Å². The lowest BCUT2D eigenvalue weighted by atomic mass is 9.99. The molecule has 5 nitrogen and oxygen atoms in total. The monoisotopic (exact) mass is 285 g/mol. The Bertz CT molecular complexity index is 724. The average molecular weight is 285 g/mol. The molecule has 0 saturated heterocycles. The van der Waals surface area contributed by atoms with E-state index in [2.05, 4.69) is 5.32 Å². The molecular weight excluding hydrogens is 270 g/mol. The number of hydrogen-bond donors (Lipinski definition) is 2. The Morgan fingerprint density at radius 2 is 1.86 bits per heavy atom. The largest absolute Gasteiger partial charge is 0.504 e. The molecule has 0 spiro atoms. The van der Waals surface area contributed by atoms with Gasteiger partial charge in [-0.25, -0.2) is 0 Å². The number of phenolic OH excluding ortho intramolecular Hbond substituents is 1. The Labute approximate surface area is 122 Å². The lowest BCUT2D eigenvalue weighted by Gasteiger charge is -2.13. The van der Waals surface area contributed by atoms with Gasteiger partial charge in [0.05, 0.1) is 14.2 Å². The van der Waals surface area contributed by atoms with Crippen molar-refractivity contribution >= 4 is 5.91 Å². The van der Waals surface area contributed by atoms with E-state index in [1.165, 1.54) is 14.2 Å². The minimum absolute atomic E-state index is 0.0223. The smallest absolute Gasteiger partial charge is 0.251 e. The van der Waals surface area contributed by atoms with Gasteiger partial charge in [-0.05, 0) is 35.4 Å². The molecule has 0 bridgehead atoms. The van der Waals surface area contributed by atoms with Crippen molar-refractivity contribution in [2.75, 3.05) is 14.2 Å². The zero-order valence-electron chi connectivity index (χ0n) is 11.8. The highest BCUT2D eigenvalue weighted by molar-refractivity contribution is 5.99. The third-order valence-electron chi connectivity index (χ3n) is 3.62. The average Bonchev–Trinajstić information content (AvgIpc) is 2.87. The second-order valence-electron chi connectivity index (χ2n) is 4.75. The molecule has 3 rings (SSSR count). The lowest BCUT2D eigenvalue weighted by Crippen LogP contribution is -2.12. The number of fused-ring (bicyclic) bond motifs is 1. The van der Waals surface area contributed by atoms with Crippen LogP contribution in [-0.4, -0.2) is 25.2 Å². The van der Waals surface area contributed by atoms with Crippen LogP contribution in [0.15, 0.2) is 30.3 Å². The van der Waals surface area contributed by atoms with Crippen LogP contribution in [0.25, 0.3) is 11.1 Å². The van der Waals surface area contributed by atoms with Gasteiger partial charge in [-0.15, -0.1) is 0 Å². The molecule has 21 heavy (non-hydrogen) atoms. The minimum Gasteiger partial charge on any atom is -0.504 e. The van der Waals surface area contributed by atoms with Gasteiger partial charge in [-0.2, -0.15) is 0 Å². The highest BCUT2D eigenvalue weighted by Crippen LogP contribution is 2.43. The number of rotatable bonds is 3. The number of nitrogens with one attached hydrogen (secondary N) is 1. The van der Waals surface area contributed by atoms with Crippen LogP contribution in [0.2, 0.25) is 0 Å². The van der Waals surface area contributed by atoms with Crippen LogP contribution in [0.4, 0.5) is 0 Å². The zero-order chi connectivity index (χ0) is 15.0. The fourth-order valence-corrected chi connectivity index (χ4v) is 2.54. The number of phenols is 1. The van der Waals surface area contributed by atoms with Gasteiger partial charge in [-0.1, -0.05) is 6.07 Å². The van der Waals surface area contributed by atoms with E-state index in [4.69, 9.17) is 9.47 Å². The first kappa shape index (κ1) is 13.3. The molecule has 2 aromatic rings. The van der Waals surface area contributed by atoms with E-state index in [-0.39, 0.29) is 11.7 Å². The fourth-order valence-electron chi connectivity index (χ4n) is 2.54. The second-order valence-corrected chi connectivity index (χ2v) is 4.75. The first-order chi connectivity index (χ1) is 10.2. The van der Waals surface area contributed by atoms with Gasteiger partial charge in [0.15, 0.2) is 11.5 Å². The number of hydrogen-bond acceptors (Lipinski definition) is 4. The van der Waals surface area contributed by atoms with Crippen LogP contribution in [0.5, 0.6) is 17.2 Å². The van der Waals surface area contributed by atoms with Crippen molar-refractivity contribution in [3.63, 3.8) is 0 Å². The van der Waals surface area contributed by atoms with Crippen LogP contribution in [0, 0.1) is 0 Å². The summed E-state index contributed by atoms with van der Waals surface area (Å²) < 4.78 is 10.4. The molecule has 2 N–H and O–H groups in total. The maximum atomic E-state index is 11.6. The van der Waals surface area contributed by atoms with Crippen molar-refractivity contribution in [3.8, 4) is 28.4 Å².